The number of halogens is 2. The van der Waals surface area contributed by atoms with Gasteiger partial charge in [-0.2, -0.15) is 0 Å². The molecule has 2 heteroatoms. The van der Waals surface area contributed by atoms with E-state index >= 15 is 0 Å². The average Bonchev–Trinajstić information content (AvgIpc) is 2.47. The largest absolute Gasteiger partial charge is 0.0622 e. The highest BCUT2D eigenvalue weighted by molar-refractivity contribution is 9.11. The van der Waals surface area contributed by atoms with Gasteiger partial charge in [-0.1, -0.05) is 86.5 Å². The minimum absolute atomic E-state index is 1.08. The van der Waals surface area contributed by atoms with Gasteiger partial charge in [0.05, 0.1) is 0 Å². The lowest BCUT2D eigenvalue weighted by Gasteiger charge is -2.06. The van der Waals surface area contributed by atoms with E-state index in [1.165, 1.54) is 22.3 Å². The molecule has 0 aliphatic carbocycles. The summed E-state index contributed by atoms with van der Waals surface area (Å²) >= 11 is 7.06. The normalized spacial score (nSPS) is 10.5. The van der Waals surface area contributed by atoms with Gasteiger partial charge in [-0.25, -0.2) is 0 Å². The summed E-state index contributed by atoms with van der Waals surface area (Å²) in [5, 5.41) is 0. The Kier molecular flexibility index (Phi) is 4.04. The second-order valence-electron chi connectivity index (χ2n) is 4.60. The Morgan fingerprint density at radius 3 is 1.45 bits per heavy atom. The lowest BCUT2D eigenvalue weighted by atomic mass is 10.0. The van der Waals surface area contributed by atoms with Crippen molar-refractivity contribution in [1.82, 2.24) is 0 Å². The minimum Gasteiger partial charge on any atom is -0.0622 e. The van der Waals surface area contributed by atoms with Crippen LogP contribution >= 0.6 is 31.9 Å². The first-order chi connectivity index (χ1) is 9.72. The van der Waals surface area contributed by atoms with Gasteiger partial charge in [-0.3, -0.25) is 0 Å². The van der Waals surface area contributed by atoms with Crippen molar-refractivity contribution in [3.05, 3.63) is 81.7 Å². The second-order valence-corrected chi connectivity index (χ2v) is 6.43. The minimum atomic E-state index is 1.08. The highest BCUT2D eigenvalue weighted by Crippen LogP contribution is 2.29. The van der Waals surface area contributed by atoms with Gasteiger partial charge in [0, 0.05) is 8.95 Å². The number of rotatable bonds is 2. The molecule has 0 saturated carbocycles. The highest BCUT2D eigenvalue weighted by atomic mass is 79.9. The van der Waals surface area contributed by atoms with Crippen molar-refractivity contribution < 1.29 is 0 Å². The van der Waals surface area contributed by atoms with Crippen LogP contribution < -0.4 is 0 Å². The number of hydrogen-bond acceptors (Lipinski definition) is 0. The first-order valence-corrected chi connectivity index (χ1v) is 7.93. The van der Waals surface area contributed by atoms with E-state index in [0.717, 1.165) is 8.95 Å². The second kappa shape index (κ2) is 5.94. The molecule has 3 aromatic carbocycles. The molecular formula is C18H12Br2. The van der Waals surface area contributed by atoms with E-state index < -0.39 is 0 Å². The zero-order valence-electron chi connectivity index (χ0n) is 10.7. The van der Waals surface area contributed by atoms with Crippen molar-refractivity contribution in [2.45, 2.75) is 0 Å². The molecule has 0 bridgehead atoms. The maximum absolute atomic E-state index is 3.53. The van der Waals surface area contributed by atoms with Gasteiger partial charge in [0.2, 0.25) is 0 Å². The summed E-state index contributed by atoms with van der Waals surface area (Å²) in [6.07, 6.45) is 0. The van der Waals surface area contributed by atoms with Gasteiger partial charge in [-0.05, 0) is 40.5 Å². The van der Waals surface area contributed by atoms with E-state index in [9.17, 15) is 0 Å². The van der Waals surface area contributed by atoms with Crippen LogP contribution in [0.4, 0.5) is 0 Å². The molecule has 0 aliphatic rings. The molecule has 0 nitrogen and oxygen atoms in total. The van der Waals surface area contributed by atoms with Gasteiger partial charge in [0.15, 0.2) is 0 Å². The van der Waals surface area contributed by atoms with Gasteiger partial charge in [-0.15, -0.1) is 0 Å². The molecule has 98 valence electrons. The molecule has 0 saturated heterocycles. The van der Waals surface area contributed by atoms with E-state index in [1.807, 2.05) is 12.1 Å². The van der Waals surface area contributed by atoms with Crippen molar-refractivity contribution in [3.63, 3.8) is 0 Å². The summed E-state index contributed by atoms with van der Waals surface area (Å²) in [7, 11) is 0. The van der Waals surface area contributed by atoms with Crippen LogP contribution in [-0.2, 0) is 0 Å². The third-order valence-electron chi connectivity index (χ3n) is 3.19. The molecule has 20 heavy (non-hydrogen) atoms. The highest BCUT2D eigenvalue weighted by Gasteiger charge is 2.02. The van der Waals surface area contributed by atoms with E-state index in [0.29, 0.717) is 0 Å². The molecule has 0 N–H and O–H groups in total. The van der Waals surface area contributed by atoms with E-state index in [2.05, 4.69) is 92.5 Å². The molecule has 0 unspecified atom stereocenters. The zero-order valence-corrected chi connectivity index (χ0v) is 13.9. The van der Waals surface area contributed by atoms with Gasteiger partial charge in [0.25, 0.3) is 0 Å². The Bertz CT molecular complexity index is 696. The fourth-order valence-electron chi connectivity index (χ4n) is 2.21. The summed E-state index contributed by atoms with van der Waals surface area (Å²) in [5.74, 6) is 0. The molecule has 0 aromatic heterocycles. The molecule has 0 radical (unpaired) electrons. The Hall–Kier alpha value is -1.38. The van der Waals surface area contributed by atoms with Crippen molar-refractivity contribution in [1.29, 1.82) is 0 Å². The Morgan fingerprint density at radius 2 is 0.900 bits per heavy atom. The maximum Gasteiger partial charge on any atom is 0.0192 e. The van der Waals surface area contributed by atoms with Gasteiger partial charge in [0.1, 0.15) is 0 Å². The third kappa shape index (κ3) is 3.02. The summed E-state index contributed by atoms with van der Waals surface area (Å²) < 4.78 is 2.16. The van der Waals surface area contributed by atoms with Gasteiger partial charge < -0.3 is 0 Å². The SMILES string of the molecule is Brc1cc(Br)cc(-c2ccc(-c3ccccc3)cc2)c1. The van der Waals surface area contributed by atoms with E-state index in [4.69, 9.17) is 0 Å². The van der Waals surface area contributed by atoms with Crippen LogP contribution in [0.5, 0.6) is 0 Å². The van der Waals surface area contributed by atoms with E-state index in [-0.39, 0.29) is 0 Å². The molecule has 0 atom stereocenters. The lowest BCUT2D eigenvalue weighted by Crippen LogP contribution is -1.81. The van der Waals surface area contributed by atoms with Crippen molar-refractivity contribution in [2.24, 2.45) is 0 Å². The Morgan fingerprint density at radius 1 is 0.450 bits per heavy atom. The molecule has 0 fully saturated rings. The monoisotopic (exact) mass is 386 g/mol. The zero-order chi connectivity index (χ0) is 13.9. The molecule has 3 rings (SSSR count). The van der Waals surface area contributed by atoms with Crippen LogP contribution in [0.15, 0.2) is 81.7 Å². The van der Waals surface area contributed by atoms with E-state index in [1.54, 1.807) is 0 Å². The fraction of sp³-hybridized carbons (Fsp3) is 0. The summed E-state index contributed by atoms with van der Waals surface area (Å²) in [6, 6.07) is 25.4. The van der Waals surface area contributed by atoms with Crippen LogP contribution in [0.3, 0.4) is 0 Å². The van der Waals surface area contributed by atoms with Crippen molar-refractivity contribution in [3.8, 4) is 22.3 Å². The van der Waals surface area contributed by atoms with Crippen molar-refractivity contribution >= 4 is 31.9 Å². The van der Waals surface area contributed by atoms with Crippen LogP contribution in [0.2, 0.25) is 0 Å². The fourth-order valence-corrected chi connectivity index (χ4v) is 3.50. The standard InChI is InChI=1S/C18H12Br2/c19-17-10-16(11-18(20)12-17)15-8-6-14(7-9-15)13-4-2-1-3-5-13/h1-12H. The number of benzene rings is 3. The molecule has 0 amide bonds. The number of hydrogen-bond donors (Lipinski definition) is 0. The lowest BCUT2D eigenvalue weighted by molar-refractivity contribution is 1.55. The summed E-state index contributed by atoms with van der Waals surface area (Å²) in [6.45, 7) is 0. The molecule has 0 spiro atoms. The predicted molar refractivity (Wildman–Crippen MR) is 92.7 cm³/mol. The van der Waals surface area contributed by atoms with Crippen LogP contribution in [0, 0.1) is 0 Å². The predicted octanol–water partition coefficient (Wildman–Crippen LogP) is 6.55. The summed E-state index contributed by atoms with van der Waals surface area (Å²) in [5.41, 5.74) is 4.90. The Balaban J connectivity index is 1.97. The topological polar surface area (TPSA) is 0 Å². The Labute approximate surface area is 135 Å². The first-order valence-electron chi connectivity index (χ1n) is 6.34. The van der Waals surface area contributed by atoms with Crippen LogP contribution in [-0.4, -0.2) is 0 Å². The smallest absolute Gasteiger partial charge is 0.0192 e. The molecule has 0 heterocycles. The van der Waals surface area contributed by atoms with Crippen molar-refractivity contribution in [2.75, 3.05) is 0 Å². The molecule has 3 aromatic rings. The third-order valence-corrected chi connectivity index (χ3v) is 4.10. The quantitative estimate of drug-likeness (QED) is 0.467. The molecular weight excluding hydrogens is 376 g/mol. The molecule has 0 aliphatic heterocycles. The van der Waals surface area contributed by atoms with Crippen LogP contribution in [0.1, 0.15) is 0 Å². The first kappa shape index (κ1) is 13.6. The average molecular weight is 388 g/mol. The maximum atomic E-state index is 3.53. The van der Waals surface area contributed by atoms with Crippen LogP contribution in [0.25, 0.3) is 22.3 Å². The summed E-state index contributed by atoms with van der Waals surface area (Å²) in [4.78, 5) is 0. The van der Waals surface area contributed by atoms with Gasteiger partial charge >= 0.3 is 0 Å².